The van der Waals surface area contributed by atoms with Gasteiger partial charge in [-0.05, 0) is 44.9 Å². The summed E-state index contributed by atoms with van der Waals surface area (Å²) in [6.07, 6.45) is 16.8. The average Bonchev–Trinajstić information content (AvgIpc) is 3.47. The number of aliphatic hydroxyl groups excluding tert-OH is 11. The van der Waals surface area contributed by atoms with E-state index in [-0.39, 0.29) is 18.9 Å². The van der Waals surface area contributed by atoms with Crippen molar-refractivity contribution in [2.75, 3.05) is 26.4 Å². The zero-order valence-electron chi connectivity index (χ0n) is 47.7. The van der Waals surface area contributed by atoms with Crippen LogP contribution < -0.4 is 5.32 Å². The lowest BCUT2D eigenvalue weighted by molar-refractivity contribution is -0.379. The summed E-state index contributed by atoms with van der Waals surface area (Å²) in [7, 11) is 0. The van der Waals surface area contributed by atoms with Crippen molar-refractivity contribution in [2.45, 2.75) is 317 Å². The molecule has 12 N–H and O–H groups in total. The molecular formula is C59H109NO18. The van der Waals surface area contributed by atoms with Crippen LogP contribution in [0, 0.1) is 0 Å². The molecule has 0 aliphatic carbocycles. The monoisotopic (exact) mass is 1120 g/mol. The Bertz CT molecular complexity index is 1530. The molecule has 19 heteroatoms. The number of unbranched alkanes of at least 4 members (excludes halogenated alkanes) is 25. The molecule has 19 nitrogen and oxygen atoms in total. The molecule has 3 fully saturated rings. The fourth-order valence-electron chi connectivity index (χ4n) is 10.5. The minimum Gasteiger partial charge on any atom is -0.394 e. The molecule has 3 saturated heterocycles. The first-order valence-electron chi connectivity index (χ1n) is 30.6. The van der Waals surface area contributed by atoms with Crippen molar-refractivity contribution in [1.29, 1.82) is 0 Å². The van der Waals surface area contributed by atoms with Crippen LogP contribution in [0.25, 0.3) is 0 Å². The van der Waals surface area contributed by atoms with Crippen LogP contribution in [0.15, 0.2) is 24.3 Å². The van der Waals surface area contributed by atoms with Crippen LogP contribution in [0.4, 0.5) is 0 Å². The Kier molecular flexibility index (Phi) is 38.9. The van der Waals surface area contributed by atoms with Gasteiger partial charge in [-0.25, -0.2) is 0 Å². The van der Waals surface area contributed by atoms with E-state index < -0.39 is 124 Å². The highest BCUT2D eigenvalue weighted by Gasteiger charge is 2.53. The van der Waals surface area contributed by atoms with Gasteiger partial charge >= 0.3 is 0 Å². The van der Waals surface area contributed by atoms with E-state index in [0.29, 0.717) is 12.8 Å². The molecule has 0 spiro atoms. The first kappa shape index (κ1) is 70.5. The smallest absolute Gasteiger partial charge is 0.220 e. The van der Waals surface area contributed by atoms with Gasteiger partial charge in [-0.15, -0.1) is 0 Å². The lowest BCUT2D eigenvalue weighted by Crippen LogP contribution is -2.66. The Morgan fingerprint density at radius 3 is 1.33 bits per heavy atom. The fourth-order valence-corrected chi connectivity index (χ4v) is 10.5. The van der Waals surface area contributed by atoms with Gasteiger partial charge < -0.3 is 89.9 Å². The first-order valence-corrected chi connectivity index (χ1v) is 30.6. The zero-order chi connectivity index (χ0) is 56.9. The van der Waals surface area contributed by atoms with Crippen molar-refractivity contribution in [1.82, 2.24) is 5.32 Å². The minimum atomic E-state index is -1.97. The maximum atomic E-state index is 13.3. The van der Waals surface area contributed by atoms with Crippen LogP contribution in [0.1, 0.15) is 213 Å². The van der Waals surface area contributed by atoms with Crippen molar-refractivity contribution >= 4 is 5.91 Å². The second-order valence-corrected chi connectivity index (χ2v) is 22.2. The third-order valence-electron chi connectivity index (χ3n) is 15.5. The van der Waals surface area contributed by atoms with Gasteiger partial charge in [0.2, 0.25) is 5.91 Å². The summed E-state index contributed by atoms with van der Waals surface area (Å²) in [5.74, 6) is -0.256. The number of ether oxygens (including phenoxy) is 6. The molecule has 3 rings (SSSR count). The summed E-state index contributed by atoms with van der Waals surface area (Å²) < 4.78 is 34.3. The lowest BCUT2D eigenvalue weighted by Gasteiger charge is -2.48. The van der Waals surface area contributed by atoms with Crippen molar-refractivity contribution < 1.29 is 89.4 Å². The van der Waals surface area contributed by atoms with Gasteiger partial charge in [0, 0.05) is 6.42 Å². The maximum absolute atomic E-state index is 13.3. The van der Waals surface area contributed by atoms with Gasteiger partial charge in [-0.2, -0.15) is 0 Å². The molecule has 0 aromatic heterocycles. The van der Waals surface area contributed by atoms with Crippen LogP contribution in [0.5, 0.6) is 0 Å². The molecule has 17 unspecified atom stereocenters. The van der Waals surface area contributed by atoms with Gasteiger partial charge in [0.25, 0.3) is 0 Å². The number of carbonyl (C=O) groups excluding carboxylic acids is 1. The highest BCUT2D eigenvalue weighted by atomic mass is 16.8. The molecule has 0 bridgehead atoms. The molecule has 1 amide bonds. The topological polar surface area (TPSA) is 307 Å². The predicted molar refractivity (Wildman–Crippen MR) is 296 cm³/mol. The van der Waals surface area contributed by atoms with E-state index in [2.05, 4.69) is 43.5 Å². The van der Waals surface area contributed by atoms with Gasteiger partial charge in [0.15, 0.2) is 18.9 Å². The Morgan fingerprint density at radius 1 is 0.462 bits per heavy atom. The van der Waals surface area contributed by atoms with Crippen LogP contribution in [-0.4, -0.2) is 193 Å². The Labute approximate surface area is 467 Å². The molecule has 3 aliphatic rings. The molecule has 3 heterocycles. The van der Waals surface area contributed by atoms with Crippen molar-refractivity contribution in [2.24, 2.45) is 0 Å². The minimum absolute atomic E-state index is 0.251. The van der Waals surface area contributed by atoms with E-state index in [1.807, 2.05) is 0 Å². The van der Waals surface area contributed by atoms with Crippen molar-refractivity contribution in [3.63, 3.8) is 0 Å². The summed E-state index contributed by atoms with van der Waals surface area (Å²) in [4.78, 5) is 13.3. The molecular weight excluding hydrogens is 1010 g/mol. The second kappa shape index (κ2) is 43.0. The largest absolute Gasteiger partial charge is 0.394 e. The molecule has 0 radical (unpaired) electrons. The van der Waals surface area contributed by atoms with Gasteiger partial charge in [-0.3, -0.25) is 4.79 Å². The molecule has 17 atom stereocenters. The molecule has 0 saturated carbocycles. The van der Waals surface area contributed by atoms with Gasteiger partial charge in [-0.1, -0.05) is 186 Å². The van der Waals surface area contributed by atoms with Crippen LogP contribution in [0.2, 0.25) is 0 Å². The van der Waals surface area contributed by atoms with E-state index >= 15 is 0 Å². The molecule has 3 aliphatic heterocycles. The second-order valence-electron chi connectivity index (χ2n) is 22.2. The number of hydrogen-bond donors (Lipinski definition) is 12. The Morgan fingerprint density at radius 2 is 0.846 bits per heavy atom. The van der Waals surface area contributed by atoms with E-state index in [0.717, 1.165) is 70.6 Å². The standard InChI is InChI=1S/C59H109NO18/c1-3-5-7-9-11-13-15-17-19-20-21-23-24-26-28-30-32-34-36-43(64)42(60-47(65)37-35-33-31-29-27-25-22-18-16-14-12-10-8-6-4-2)41-73-57-53(71)50(68)55(45(39-62)75-57)78-59-54(72)51(69)56(46(40-63)76-59)77-58-52(70)49(67)48(66)44(38-61)74-58/h12,14,18,22,42-46,48-59,61-64,66-72H,3-11,13,15-17,19-21,23-41H2,1-2H3,(H,60,65)/b14-12-,22-18-. The van der Waals surface area contributed by atoms with Crippen molar-refractivity contribution in [3.8, 4) is 0 Å². The summed E-state index contributed by atoms with van der Waals surface area (Å²) >= 11 is 0. The number of carbonyl (C=O) groups is 1. The number of allylic oxidation sites excluding steroid dienone is 4. The molecule has 0 aromatic rings. The Balaban J connectivity index is 1.50. The number of rotatable bonds is 45. The summed E-state index contributed by atoms with van der Waals surface area (Å²) in [6, 6.07) is -0.892. The third kappa shape index (κ3) is 26.7. The van der Waals surface area contributed by atoms with E-state index in [1.54, 1.807) is 0 Å². The fraction of sp³-hybridized carbons (Fsp3) is 0.915. The molecule has 458 valence electrons. The highest BCUT2D eigenvalue weighted by molar-refractivity contribution is 5.76. The van der Waals surface area contributed by atoms with Crippen LogP contribution >= 0.6 is 0 Å². The number of hydrogen-bond acceptors (Lipinski definition) is 18. The van der Waals surface area contributed by atoms with E-state index in [4.69, 9.17) is 28.4 Å². The quantitative estimate of drug-likeness (QED) is 0.0263. The van der Waals surface area contributed by atoms with Crippen LogP contribution in [0.3, 0.4) is 0 Å². The maximum Gasteiger partial charge on any atom is 0.220 e. The SMILES string of the molecule is CCCCC/C=C\C/C=C\CCCCCCCC(=O)NC(COC1OC(CO)C(OC2OC(CO)C(OC3OC(CO)C(O)C(O)C3O)C(O)C2O)C(O)C1O)C(O)CCCCCCCCCCCCCCCCCCCC. The summed E-state index contributed by atoms with van der Waals surface area (Å²) in [5.41, 5.74) is 0. The summed E-state index contributed by atoms with van der Waals surface area (Å²) in [6.45, 7) is 1.75. The van der Waals surface area contributed by atoms with Gasteiger partial charge in [0.1, 0.15) is 73.2 Å². The van der Waals surface area contributed by atoms with Crippen LogP contribution in [-0.2, 0) is 33.2 Å². The highest BCUT2D eigenvalue weighted by Crippen LogP contribution is 2.33. The lowest BCUT2D eigenvalue weighted by atomic mass is 9.96. The number of nitrogens with one attached hydrogen (secondary N) is 1. The predicted octanol–water partition coefficient (Wildman–Crippen LogP) is 5.54. The van der Waals surface area contributed by atoms with E-state index in [1.165, 1.54) is 109 Å². The van der Waals surface area contributed by atoms with Gasteiger partial charge in [0.05, 0.1) is 38.6 Å². The number of amides is 1. The average molecular weight is 1120 g/mol. The Hall–Kier alpha value is -1.73. The zero-order valence-corrected chi connectivity index (χ0v) is 47.7. The molecule has 0 aromatic carbocycles. The van der Waals surface area contributed by atoms with Crippen molar-refractivity contribution in [3.05, 3.63) is 24.3 Å². The molecule has 78 heavy (non-hydrogen) atoms. The summed E-state index contributed by atoms with van der Waals surface area (Å²) in [5, 5.41) is 120. The third-order valence-corrected chi connectivity index (χ3v) is 15.5. The normalized spacial score (nSPS) is 30.6. The number of aliphatic hydroxyl groups is 11. The van der Waals surface area contributed by atoms with E-state index in [9.17, 15) is 61.0 Å². The first-order chi connectivity index (χ1) is 37.8.